The molecule has 2 N–H and O–H groups in total. The van der Waals surface area contributed by atoms with Gasteiger partial charge in [-0.1, -0.05) is 19.9 Å². The van der Waals surface area contributed by atoms with E-state index in [9.17, 15) is 9.59 Å². The molecule has 2 atom stereocenters. The van der Waals surface area contributed by atoms with Gasteiger partial charge in [-0.25, -0.2) is 0 Å². The minimum absolute atomic E-state index is 0.0144. The molecule has 2 unspecified atom stereocenters. The van der Waals surface area contributed by atoms with E-state index in [-0.39, 0.29) is 17.9 Å². The molecule has 20 heavy (non-hydrogen) atoms. The Morgan fingerprint density at radius 1 is 1.05 bits per heavy atom. The smallest absolute Gasteiger partial charge is 0.263 e. The van der Waals surface area contributed by atoms with Gasteiger partial charge in [0.1, 0.15) is 0 Å². The maximum absolute atomic E-state index is 12.6. The zero-order chi connectivity index (χ0) is 14.4. The van der Waals surface area contributed by atoms with E-state index in [4.69, 9.17) is 5.73 Å². The van der Waals surface area contributed by atoms with E-state index >= 15 is 0 Å². The highest BCUT2D eigenvalue weighted by Crippen LogP contribution is 2.36. The molecule has 2 amide bonds. The predicted molar refractivity (Wildman–Crippen MR) is 77.3 cm³/mol. The monoisotopic (exact) mass is 272 g/mol. The van der Waals surface area contributed by atoms with Gasteiger partial charge < -0.3 is 5.73 Å². The van der Waals surface area contributed by atoms with Crippen molar-refractivity contribution < 1.29 is 9.59 Å². The number of carbonyl (C=O) groups is 2. The topological polar surface area (TPSA) is 63.4 Å². The number of nitrogens with zero attached hydrogens (tertiary/aromatic N) is 1. The van der Waals surface area contributed by atoms with Gasteiger partial charge in [-0.05, 0) is 43.2 Å². The Bertz CT molecular complexity index is 572. The Labute approximate surface area is 118 Å². The van der Waals surface area contributed by atoms with E-state index in [0.717, 1.165) is 12.8 Å². The fraction of sp³-hybridized carbons (Fsp3) is 0.500. The Morgan fingerprint density at radius 3 is 2.30 bits per heavy atom. The maximum Gasteiger partial charge on any atom is 0.263 e. The van der Waals surface area contributed by atoms with Crippen molar-refractivity contribution >= 4 is 17.5 Å². The Hall–Kier alpha value is -1.84. The molecule has 1 aliphatic carbocycles. The number of fused-ring (bicyclic) bond motifs is 1. The van der Waals surface area contributed by atoms with Crippen LogP contribution in [0.3, 0.4) is 0 Å². The van der Waals surface area contributed by atoms with E-state index < -0.39 is 0 Å². The summed E-state index contributed by atoms with van der Waals surface area (Å²) < 4.78 is 0. The van der Waals surface area contributed by atoms with Crippen LogP contribution < -0.4 is 5.73 Å². The van der Waals surface area contributed by atoms with Crippen LogP contribution in [0.15, 0.2) is 18.2 Å². The van der Waals surface area contributed by atoms with Gasteiger partial charge in [0.2, 0.25) is 0 Å². The molecule has 1 aromatic carbocycles. The van der Waals surface area contributed by atoms with Gasteiger partial charge >= 0.3 is 0 Å². The highest BCUT2D eigenvalue weighted by atomic mass is 16.2. The van der Waals surface area contributed by atoms with Crippen molar-refractivity contribution in [2.24, 2.45) is 11.8 Å². The zero-order valence-corrected chi connectivity index (χ0v) is 11.9. The maximum atomic E-state index is 12.6. The number of anilines is 1. The molecular weight excluding hydrogens is 252 g/mol. The third kappa shape index (κ3) is 1.90. The summed E-state index contributed by atoms with van der Waals surface area (Å²) in [5.74, 6) is 0.703. The minimum atomic E-state index is -0.214. The van der Waals surface area contributed by atoms with Crippen LogP contribution in [0.1, 0.15) is 53.8 Å². The molecular formula is C16H20N2O2. The van der Waals surface area contributed by atoms with Crippen molar-refractivity contribution in [1.82, 2.24) is 4.90 Å². The van der Waals surface area contributed by atoms with Gasteiger partial charge in [0.25, 0.3) is 11.8 Å². The minimum Gasteiger partial charge on any atom is -0.398 e. The SMILES string of the molecule is CC1CC(C)CC(N2C(=O)c3cccc(N)c3C2=O)C1. The van der Waals surface area contributed by atoms with Crippen LogP contribution in [0.2, 0.25) is 0 Å². The number of hydrogen-bond acceptors (Lipinski definition) is 3. The third-order valence-corrected chi connectivity index (χ3v) is 4.50. The molecule has 2 aliphatic rings. The van der Waals surface area contributed by atoms with Crippen LogP contribution in [-0.2, 0) is 0 Å². The van der Waals surface area contributed by atoms with Crippen molar-refractivity contribution in [3.05, 3.63) is 29.3 Å². The lowest BCUT2D eigenvalue weighted by molar-refractivity contribution is 0.0495. The Kier molecular flexibility index (Phi) is 3.04. The van der Waals surface area contributed by atoms with Crippen LogP contribution in [0, 0.1) is 11.8 Å². The lowest BCUT2D eigenvalue weighted by Crippen LogP contribution is -2.43. The van der Waals surface area contributed by atoms with Crippen LogP contribution in [0.4, 0.5) is 5.69 Å². The van der Waals surface area contributed by atoms with Crippen LogP contribution in [0.5, 0.6) is 0 Å². The molecule has 4 nitrogen and oxygen atoms in total. The number of nitrogens with two attached hydrogens (primary N) is 1. The molecule has 1 aliphatic heterocycles. The van der Waals surface area contributed by atoms with Crippen molar-refractivity contribution in [3.63, 3.8) is 0 Å². The number of carbonyl (C=O) groups excluding carboxylic acids is 2. The van der Waals surface area contributed by atoms with Crippen molar-refractivity contribution in [1.29, 1.82) is 0 Å². The van der Waals surface area contributed by atoms with E-state index in [1.807, 2.05) is 0 Å². The standard InChI is InChI=1S/C16H20N2O2/c1-9-6-10(2)8-11(7-9)18-15(19)12-4-3-5-13(17)14(12)16(18)20/h3-5,9-11H,6-8,17H2,1-2H3. The highest BCUT2D eigenvalue weighted by molar-refractivity contribution is 6.23. The molecule has 1 aromatic rings. The summed E-state index contributed by atoms with van der Waals surface area (Å²) in [6.07, 6.45) is 2.97. The van der Waals surface area contributed by atoms with Crippen LogP contribution in [-0.4, -0.2) is 22.8 Å². The molecule has 1 heterocycles. The number of benzene rings is 1. The number of rotatable bonds is 1. The summed E-state index contributed by atoms with van der Waals surface area (Å²) >= 11 is 0. The van der Waals surface area contributed by atoms with Gasteiger partial charge in [-0.3, -0.25) is 14.5 Å². The quantitative estimate of drug-likeness (QED) is 0.631. The number of imide groups is 1. The molecule has 0 aromatic heterocycles. The predicted octanol–water partition coefficient (Wildman–Crippen LogP) is 2.69. The molecule has 1 fully saturated rings. The normalized spacial score (nSPS) is 29.7. The lowest BCUT2D eigenvalue weighted by Gasteiger charge is -2.36. The van der Waals surface area contributed by atoms with Gasteiger partial charge in [-0.2, -0.15) is 0 Å². The summed E-state index contributed by atoms with van der Waals surface area (Å²) in [5, 5.41) is 0. The molecule has 106 valence electrons. The highest BCUT2D eigenvalue weighted by Gasteiger charge is 2.42. The van der Waals surface area contributed by atoms with E-state index in [2.05, 4.69) is 13.8 Å². The number of amides is 2. The first kappa shape index (κ1) is 13.2. The summed E-state index contributed by atoms with van der Waals surface area (Å²) in [6.45, 7) is 4.38. The molecule has 0 bridgehead atoms. The average molecular weight is 272 g/mol. The van der Waals surface area contributed by atoms with Crippen molar-refractivity contribution in [3.8, 4) is 0 Å². The van der Waals surface area contributed by atoms with Crippen molar-refractivity contribution in [2.75, 3.05) is 5.73 Å². The van der Waals surface area contributed by atoms with E-state index in [1.54, 1.807) is 18.2 Å². The number of nitrogen functional groups attached to an aromatic ring is 1. The Balaban J connectivity index is 1.96. The molecule has 4 heteroatoms. The van der Waals surface area contributed by atoms with Crippen LogP contribution in [0.25, 0.3) is 0 Å². The second-order valence-electron chi connectivity index (χ2n) is 6.32. The van der Waals surface area contributed by atoms with E-state index in [0.29, 0.717) is 28.7 Å². The van der Waals surface area contributed by atoms with Gasteiger partial charge in [0, 0.05) is 11.7 Å². The Morgan fingerprint density at radius 2 is 1.70 bits per heavy atom. The molecule has 0 saturated heterocycles. The largest absolute Gasteiger partial charge is 0.398 e. The molecule has 3 rings (SSSR count). The van der Waals surface area contributed by atoms with E-state index in [1.165, 1.54) is 11.3 Å². The molecule has 1 saturated carbocycles. The molecule has 0 radical (unpaired) electrons. The lowest BCUT2D eigenvalue weighted by atomic mass is 9.80. The molecule has 0 spiro atoms. The second-order valence-corrected chi connectivity index (χ2v) is 6.32. The summed E-state index contributed by atoms with van der Waals surface area (Å²) in [6, 6.07) is 5.12. The average Bonchev–Trinajstić information content (AvgIpc) is 2.61. The first-order valence-corrected chi connectivity index (χ1v) is 7.25. The number of hydrogen-bond donors (Lipinski definition) is 1. The van der Waals surface area contributed by atoms with Crippen LogP contribution >= 0.6 is 0 Å². The van der Waals surface area contributed by atoms with Gasteiger partial charge in [0.05, 0.1) is 11.1 Å². The summed E-state index contributed by atoms with van der Waals surface area (Å²) in [4.78, 5) is 26.5. The second kappa shape index (κ2) is 4.62. The zero-order valence-electron chi connectivity index (χ0n) is 11.9. The first-order chi connectivity index (χ1) is 9.49. The van der Waals surface area contributed by atoms with Crippen molar-refractivity contribution in [2.45, 2.75) is 39.2 Å². The van der Waals surface area contributed by atoms with Gasteiger partial charge in [-0.15, -0.1) is 0 Å². The first-order valence-electron chi connectivity index (χ1n) is 7.25. The van der Waals surface area contributed by atoms with Gasteiger partial charge in [0.15, 0.2) is 0 Å². The third-order valence-electron chi connectivity index (χ3n) is 4.50. The summed E-state index contributed by atoms with van der Waals surface area (Å²) in [7, 11) is 0. The summed E-state index contributed by atoms with van der Waals surface area (Å²) in [5.41, 5.74) is 7.13. The fourth-order valence-corrected chi connectivity index (χ4v) is 3.78. The fourth-order valence-electron chi connectivity index (χ4n) is 3.78.